The molecule has 0 aliphatic heterocycles. The molecule has 0 bridgehead atoms. The Morgan fingerprint density at radius 3 is 2.47 bits per heavy atom. The van der Waals surface area contributed by atoms with Crippen LogP contribution in [0.2, 0.25) is 0 Å². The highest BCUT2D eigenvalue weighted by Crippen LogP contribution is 2.39. The van der Waals surface area contributed by atoms with E-state index in [0.29, 0.717) is 35.8 Å². The largest absolute Gasteiger partial charge is 0.484 e. The SMILES string of the molecule is COC(C)(C)c1nnc2ccc(O[C@@H]3CC[C@H](NC(=O)Nc4cc(C(C)(C)C)nc(COS(C)(=O)=O)n4)c4ccccc43)cn12.[HH].[HH]. The Bertz CT molecular complexity index is 1830. The quantitative estimate of drug-likeness (QED) is 0.225. The minimum Gasteiger partial charge on any atom is -0.484 e. The van der Waals surface area contributed by atoms with Gasteiger partial charge in [0.1, 0.15) is 29.9 Å². The zero-order valence-electron chi connectivity index (χ0n) is 26.5. The molecule has 45 heavy (non-hydrogen) atoms. The lowest BCUT2D eigenvalue weighted by molar-refractivity contribution is 0.0106. The zero-order chi connectivity index (χ0) is 32.6. The van der Waals surface area contributed by atoms with E-state index in [1.165, 1.54) is 0 Å². The molecule has 5 rings (SSSR count). The van der Waals surface area contributed by atoms with Crippen molar-refractivity contribution < 1.29 is 29.7 Å². The van der Waals surface area contributed by atoms with Crippen molar-refractivity contribution in [2.75, 3.05) is 18.7 Å². The van der Waals surface area contributed by atoms with Gasteiger partial charge in [-0.3, -0.25) is 13.9 Å². The van der Waals surface area contributed by atoms with Crippen molar-refractivity contribution in [2.45, 2.75) is 77.2 Å². The van der Waals surface area contributed by atoms with Crippen molar-refractivity contribution in [1.29, 1.82) is 0 Å². The van der Waals surface area contributed by atoms with Gasteiger partial charge in [-0.1, -0.05) is 45.0 Å². The molecule has 2 N–H and O–H groups in total. The van der Waals surface area contributed by atoms with E-state index in [9.17, 15) is 13.2 Å². The first-order valence-corrected chi connectivity index (χ1v) is 16.4. The maximum Gasteiger partial charge on any atom is 0.320 e. The second kappa shape index (κ2) is 12.3. The minimum absolute atomic E-state index is 0. The number of aromatic nitrogens is 5. The van der Waals surface area contributed by atoms with Gasteiger partial charge in [-0.15, -0.1) is 10.2 Å². The fraction of sp³-hybridized carbons (Fsp3) is 0.452. The number of hydrogen-bond donors (Lipinski definition) is 2. The first kappa shape index (κ1) is 32.3. The second-order valence-electron chi connectivity index (χ2n) is 12.6. The Balaban J connectivity index is 0.00000300. The van der Waals surface area contributed by atoms with E-state index in [4.69, 9.17) is 13.7 Å². The Labute approximate surface area is 265 Å². The molecule has 2 atom stereocenters. The number of rotatable bonds is 9. The molecule has 1 aromatic carbocycles. The lowest BCUT2D eigenvalue weighted by atomic mass is 9.85. The number of amides is 2. The van der Waals surface area contributed by atoms with Crippen LogP contribution in [0.5, 0.6) is 5.75 Å². The standard InChI is InChI=1S/C31H39N7O6S.2H2/c1-30(2,3)24-16-25(34-26(33-24)18-43-45(7,40)41)35-29(39)32-22-13-14-23(21-11-9-8-10-20(21)22)44-19-12-15-27-36-37-28(38(27)17-19)31(4,5)42-6;;/h8-12,15-17,22-23H,13-14,18H2,1-7H3,(H2,32,33,34,35,39);2*1H/t22-,23+;;/m0../s1. The van der Waals surface area contributed by atoms with Gasteiger partial charge >= 0.3 is 6.03 Å². The molecule has 3 aromatic heterocycles. The molecular formula is C31H43N7O6S. The summed E-state index contributed by atoms with van der Waals surface area (Å²) in [6.45, 7) is 9.40. The number of anilines is 1. The van der Waals surface area contributed by atoms with Crippen LogP contribution < -0.4 is 15.4 Å². The van der Waals surface area contributed by atoms with E-state index >= 15 is 0 Å². The van der Waals surface area contributed by atoms with Crippen molar-refractivity contribution in [3.8, 4) is 5.75 Å². The summed E-state index contributed by atoms with van der Waals surface area (Å²) >= 11 is 0. The summed E-state index contributed by atoms with van der Waals surface area (Å²) < 4.78 is 41.9. The predicted octanol–water partition coefficient (Wildman–Crippen LogP) is 5.44. The Hall–Kier alpha value is -4.14. The highest BCUT2D eigenvalue weighted by molar-refractivity contribution is 7.85. The Kier molecular flexibility index (Phi) is 8.84. The molecule has 1 aliphatic rings. The third-order valence-corrected chi connectivity index (χ3v) is 8.17. The van der Waals surface area contributed by atoms with Crippen molar-refractivity contribution in [2.24, 2.45) is 0 Å². The molecule has 0 saturated carbocycles. The van der Waals surface area contributed by atoms with Crippen LogP contribution in [0.25, 0.3) is 5.65 Å². The van der Waals surface area contributed by atoms with E-state index in [-0.39, 0.29) is 38.7 Å². The van der Waals surface area contributed by atoms with E-state index in [1.807, 2.05) is 81.6 Å². The Morgan fingerprint density at radius 1 is 1.04 bits per heavy atom. The summed E-state index contributed by atoms with van der Waals surface area (Å²) in [4.78, 5) is 22.0. The molecular weight excluding hydrogens is 598 g/mol. The molecule has 0 spiro atoms. The molecule has 13 nitrogen and oxygen atoms in total. The number of nitrogens with zero attached hydrogens (tertiary/aromatic N) is 5. The monoisotopic (exact) mass is 641 g/mol. The third-order valence-electron chi connectivity index (χ3n) is 7.63. The van der Waals surface area contributed by atoms with Crippen LogP contribution in [0, 0.1) is 0 Å². The number of fused-ring (bicyclic) bond motifs is 2. The Morgan fingerprint density at radius 2 is 1.78 bits per heavy atom. The normalized spacial score (nSPS) is 17.1. The summed E-state index contributed by atoms with van der Waals surface area (Å²) in [6.07, 6.45) is 3.89. The number of urea groups is 1. The van der Waals surface area contributed by atoms with Crippen LogP contribution in [0.1, 0.15) is 90.9 Å². The molecule has 0 fully saturated rings. The summed E-state index contributed by atoms with van der Waals surface area (Å²) in [6, 6.07) is 12.6. The molecule has 3 heterocycles. The number of carbonyl (C=O) groups excluding carboxylic acids is 1. The van der Waals surface area contributed by atoms with Crippen LogP contribution in [0.3, 0.4) is 0 Å². The van der Waals surface area contributed by atoms with Gasteiger partial charge in [0, 0.05) is 21.4 Å². The van der Waals surface area contributed by atoms with Gasteiger partial charge in [-0.05, 0) is 49.9 Å². The van der Waals surface area contributed by atoms with E-state index < -0.39 is 21.8 Å². The molecule has 0 radical (unpaired) electrons. The lowest BCUT2D eigenvalue weighted by Crippen LogP contribution is -2.36. The van der Waals surface area contributed by atoms with Crippen molar-refractivity contribution in [1.82, 2.24) is 29.9 Å². The lowest BCUT2D eigenvalue weighted by Gasteiger charge is -2.32. The van der Waals surface area contributed by atoms with Crippen LogP contribution >= 0.6 is 0 Å². The first-order valence-electron chi connectivity index (χ1n) is 14.6. The highest BCUT2D eigenvalue weighted by Gasteiger charge is 2.31. The van der Waals surface area contributed by atoms with Gasteiger partial charge in [0.15, 0.2) is 17.3 Å². The van der Waals surface area contributed by atoms with Gasteiger partial charge in [-0.2, -0.15) is 8.42 Å². The number of pyridine rings is 1. The van der Waals surface area contributed by atoms with Crippen molar-refractivity contribution in [3.05, 3.63) is 77.1 Å². The van der Waals surface area contributed by atoms with E-state index in [1.54, 1.807) is 13.2 Å². The summed E-state index contributed by atoms with van der Waals surface area (Å²) in [5.74, 6) is 1.71. The first-order chi connectivity index (χ1) is 21.1. The van der Waals surface area contributed by atoms with Gasteiger partial charge in [-0.25, -0.2) is 14.8 Å². The number of methoxy groups -OCH3 is 1. The summed E-state index contributed by atoms with van der Waals surface area (Å²) in [7, 11) is -2.06. The fourth-order valence-corrected chi connectivity index (χ4v) is 5.43. The van der Waals surface area contributed by atoms with Crippen LogP contribution in [-0.2, 0) is 36.7 Å². The maximum atomic E-state index is 13.2. The molecule has 14 heteroatoms. The van der Waals surface area contributed by atoms with Crippen molar-refractivity contribution >= 4 is 27.6 Å². The predicted molar refractivity (Wildman–Crippen MR) is 172 cm³/mol. The molecule has 0 saturated heterocycles. The number of ether oxygens (including phenoxy) is 2. The molecule has 2 amide bonds. The maximum absolute atomic E-state index is 13.2. The van der Waals surface area contributed by atoms with Crippen molar-refractivity contribution in [3.63, 3.8) is 0 Å². The zero-order valence-corrected chi connectivity index (χ0v) is 27.3. The van der Waals surface area contributed by atoms with Crippen LogP contribution in [0.4, 0.5) is 10.6 Å². The molecule has 1 aliphatic carbocycles. The third kappa shape index (κ3) is 7.57. The number of benzene rings is 1. The van der Waals surface area contributed by atoms with Crippen LogP contribution in [0.15, 0.2) is 48.7 Å². The fourth-order valence-electron chi connectivity index (χ4n) is 5.11. The van der Waals surface area contributed by atoms with Gasteiger partial charge in [0.25, 0.3) is 10.1 Å². The summed E-state index contributed by atoms with van der Waals surface area (Å²) in [5, 5.41) is 14.4. The summed E-state index contributed by atoms with van der Waals surface area (Å²) in [5.41, 5.74) is 2.23. The number of hydrogen-bond acceptors (Lipinski definition) is 10. The smallest absolute Gasteiger partial charge is 0.320 e. The van der Waals surface area contributed by atoms with Gasteiger partial charge in [0.05, 0.1) is 24.2 Å². The van der Waals surface area contributed by atoms with E-state index in [0.717, 1.165) is 17.4 Å². The molecule has 4 aromatic rings. The minimum atomic E-state index is -3.70. The van der Waals surface area contributed by atoms with Gasteiger partial charge < -0.3 is 14.8 Å². The average Bonchev–Trinajstić information content (AvgIpc) is 3.41. The molecule has 0 unspecified atom stereocenters. The number of carbonyl (C=O) groups is 1. The van der Waals surface area contributed by atoms with Gasteiger partial charge in [0.2, 0.25) is 0 Å². The topological polar surface area (TPSA) is 159 Å². The average molecular weight is 642 g/mol. The van der Waals surface area contributed by atoms with E-state index in [2.05, 4.69) is 30.8 Å². The number of nitrogens with one attached hydrogen (secondary N) is 2. The highest BCUT2D eigenvalue weighted by atomic mass is 32.2. The molecule has 244 valence electrons. The van der Waals surface area contributed by atoms with Crippen LogP contribution in [-0.4, -0.2) is 52.4 Å². The second-order valence-corrected chi connectivity index (χ2v) is 14.2.